The van der Waals surface area contributed by atoms with Gasteiger partial charge in [-0.25, -0.2) is 4.52 Å². The van der Waals surface area contributed by atoms with Crippen LogP contribution in [0.4, 0.5) is 5.69 Å². The van der Waals surface area contributed by atoms with E-state index in [4.69, 9.17) is 28.8 Å². The normalized spacial score (nSPS) is 19.0. The summed E-state index contributed by atoms with van der Waals surface area (Å²) in [5.41, 5.74) is 4.91. The van der Waals surface area contributed by atoms with Crippen molar-refractivity contribution in [2.75, 3.05) is 55.2 Å². The summed E-state index contributed by atoms with van der Waals surface area (Å²) in [5, 5.41) is 5.03. The van der Waals surface area contributed by atoms with E-state index in [1.165, 1.54) is 12.8 Å². The van der Waals surface area contributed by atoms with Crippen molar-refractivity contribution in [3.05, 3.63) is 35.9 Å². The van der Waals surface area contributed by atoms with Gasteiger partial charge >= 0.3 is 0 Å². The minimum absolute atomic E-state index is 0.0936. The van der Waals surface area contributed by atoms with E-state index in [0.717, 1.165) is 71.0 Å². The quantitative estimate of drug-likeness (QED) is 0.347. The largest absolute Gasteiger partial charge is 0.496 e. The van der Waals surface area contributed by atoms with Crippen LogP contribution in [0.1, 0.15) is 44.3 Å². The SMILES string of the molecule is COc1cc(C(C)OC)cc(OC)c1-c1cccc2c([N+](C)(CC3CC3)C3CCOCC3)c(OC)nn12. The lowest BCUT2D eigenvalue weighted by Gasteiger charge is -2.42. The Morgan fingerprint density at radius 3 is 2.24 bits per heavy atom. The highest BCUT2D eigenvalue weighted by molar-refractivity contribution is 5.83. The summed E-state index contributed by atoms with van der Waals surface area (Å²) in [5.74, 6) is 2.83. The molecule has 2 atom stereocenters. The van der Waals surface area contributed by atoms with Crippen molar-refractivity contribution in [1.82, 2.24) is 14.1 Å². The van der Waals surface area contributed by atoms with E-state index < -0.39 is 0 Å². The van der Waals surface area contributed by atoms with Crippen LogP contribution in [0.15, 0.2) is 30.3 Å². The fourth-order valence-electron chi connectivity index (χ4n) is 5.91. The number of methoxy groups -OCH3 is 4. The molecule has 8 nitrogen and oxygen atoms in total. The van der Waals surface area contributed by atoms with Gasteiger partial charge in [0.15, 0.2) is 0 Å². The molecule has 5 rings (SSSR count). The van der Waals surface area contributed by atoms with Crippen LogP contribution in [-0.4, -0.2) is 70.9 Å². The van der Waals surface area contributed by atoms with Crippen LogP contribution >= 0.6 is 0 Å². The second kappa shape index (κ2) is 10.5. The highest BCUT2D eigenvalue weighted by atomic mass is 16.5. The molecule has 3 aromatic rings. The lowest BCUT2D eigenvalue weighted by molar-refractivity contribution is 0.0432. The summed E-state index contributed by atoms with van der Waals surface area (Å²) in [6.45, 7) is 4.70. The molecule has 0 amide bonds. The average Bonchev–Trinajstić information content (AvgIpc) is 3.67. The van der Waals surface area contributed by atoms with E-state index in [1.54, 1.807) is 28.4 Å². The predicted octanol–water partition coefficient (Wildman–Crippen LogP) is 5.26. The van der Waals surface area contributed by atoms with Gasteiger partial charge in [0.05, 0.1) is 71.5 Å². The molecule has 0 N–H and O–H groups in total. The molecule has 0 bridgehead atoms. The molecule has 37 heavy (non-hydrogen) atoms. The Bertz CT molecular complexity index is 1220. The van der Waals surface area contributed by atoms with Crippen LogP contribution < -0.4 is 18.7 Å². The fraction of sp³-hybridized carbons (Fsp3) is 0.552. The smallest absolute Gasteiger partial charge is 0.296 e. The first-order chi connectivity index (χ1) is 17.9. The van der Waals surface area contributed by atoms with Gasteiger partial charge in [0.25, 0.3) is 5.88 Å². The van der Waals surface area contributed by atoms with Gasteiger partial charge in [-0.15, -0.1) is 5.10 Å². The molecule has 0 radical (unpaired) electrons. The van der Waals surface area contributed by atoms with Crippen LogP contribution in [0.3, 0.4) is 0 Å². The van der Waals surface area contributed by atoms with E-state index in [-0.39, 0.29) is 6.10 Å². The van der Waals surface area contributed by atoms with E-state index in [9.17, 15) is 0 Å². The first kappa shape index (κ1) is 25.8. The van der Waals surface area contributed by atoms with Crippen molar-refractivity contribution >= 4 is 11.2 Å². The van der Waals surface area contributed by atoms with Gasteiger partial charge < -0.3 is 23.7 Å². The Morgan fingerprint density at radius 1 is 1.00 bits per heavy atom. The Kier molecular flexibility index (Phi) is 7.34. The van der Waals surface area contributed by atoms with Gasteiger partial charge in [-0.3, -0.25) is 4.48 Å². The third-order valence-corrected chi connectivity index (χ3v) is 8.24. The Balaban J connectivity index is 1.72. The van der Waals surface area contributed by atoms with Crippen LogP contribution in [0, 0.1) is 5.92 Å². The van der Waals surface area contributed by atoms with Gasteiger partial charge in [0, 0.05) is 25.9 Å². The van der Waals surface area contributed by atoms with E-state index >= 15 is 0 Å². The average molecular weight is 511 g/mol. The molecule has 1 saturated heterocycles. The molecule has 0 spiro atoms. The summed E-state index contributed by atoms with van der Waals surface area (Å²) in [6, 6.07) is 10.8. The number of pyridine rings is 1. The number of fused-ring (bicyclic) bond motifs is 1. The molecular weight excluding hydrogens is 470 g/mol. The summed E-state index contributed by atoms with van der Waals surface area (Å²) < 4.78 is 31.9. The van der Waals surface area contributed by atoms with Crippen molar-refractivity contribution in [1.29, 1.82) is 0 Å². The molecule has 1 aromatic carbocycles. The lowest BCUT2D eigenvalue weighted by atomic mass is 10.0. The Morgan fingerprint density at radius 2 is 1.68 bits per heavy atom. The third-order valence-electron chi connectivity index (χ3n) is 8.24. The van der Waals surface area contributed by atoms with Crippen molar-refractivity contribution in [2.45, 2.75) is 44.8 Å². The Hall–Kier alpha value is -2.81. The fourth-order valence-corrected chi connectivity index (χ4v) is 5.91. The second-order valence-electron chi connectivity index (χ2n) is 10.5. The summed E-state index contributed by atoms with van der Waals surface area (Å²) in [6.07, 6.45) is 4.56. The van der Waals surface area contributed by atoms with Gasteiger partial charge in [0.2, 0.25) is 5.69 Å². The molecule has 2 unspecified atom stereocenters. The summed E-state index contributed by atoms with van der Waals surface area (Å²) in [4.78, 5) is 0. The maximum absolute atomic E-state index is 5.98. The van der Waals surface area contributed by atoms with Crippen LogP contribution in [0.2, 0.25) is 0 Å². The highest BCUT2D eigenvalue weighted by Crippen LogP contribution is 2.47. The zero-order chi connectivity index (χ0) is 26.2. The molecule has 1 aliphatic heterocycles. The van der Waals surface area contributed by atoms with Gasteiger partial charge in [-0.2, -0.15) is 0 Å². The van der Waals surface area contributed by atoms with Crippen molar-refractivity contribution in [3.63, 3.8) is 0 Å². The second-order valence-corrected chi connectivity index (χ2v) is 10.5. The number of rotatable bonds is 10. The topological polar surface area (TPSA) is 63.5 Å². The molecule has 2 aliphatic rings. The van der Waals surface area contributed by atoms with Crippen LogP contribution in [-0.2, 0) is 9.47 Å². The molecule has 2 fully saturated rings. The molecule has 2 aromatic heterocycles. The minimum atomic E-state index is -0.0936. The highest BCUT2D eigenvalue weighted by Gasteiger charge is 2.45. The number of benzene rings is 1. The molecule has 1 saturated carbocycles. The van der Waals surface area contributed by atoms with E-state index in [1.807, 2.05) is 23.6 Å². The van der Waals surface area contributed by atoms with Gasteiger partial charge in [-0.1, -0.05) is 6.07 Å². The first-order valence-corrected chi connectivity index (χ1v) is 13.2. The van der Waals surface area contributed by atoms with Gasteiger partial charge in [0.1, 0.15) is 17.0 Å². The maximum atomic E-state index is 5.98. The monoisotopic (exact) mass is 510 g/mol. The summed E-state index contributed by atoms with van der Waals surface area (Å²) >= 11 is 0. The predicted molar refractivity (Wildman–Crippen MR) is 145 cm³/mol. The third kappa shape index (κ3) is 4.67. The van der Waals surface area contributed by atoms with Crippen molar-refractivity contribution in [3.8, 4) is 28.6 Å². The summed E-state index contributed by atoms with van der Waals surface area (Å²) in [7, 11) is 9.15. The minimum Gasteiger partial charge on any atom is -0.496 e. The molecule has 8 heteroatoms. The first-order valence-electron chi connectivity index (χ1n) is 13.2. The Labute approximate surface area is 219 Å². The van der Waals surface area contributed by atoms with E-state index in [2.05, 4.69) is 25.2 Å². The van der Waals surface area contributed by atoms with Crippen molar-refractivity contribution in [2.24, 2.45) is 5.92 Å². The number of quaternary nitrogens is 1. The van der Waals surface area contributed by atoms with Gasteiger partial charge in [-0.05, 0) is 49.6 Å². The zero-order valence-corrected chi connectivity index (χ0v) is 23.0. The number of hydrogen-bond donors (Lipinski definition) is 0. The lowest BCUT2D eigenvalue weighted by Crippen LogP contribution is -2.56. The zero-order valence-electron chi connectivity index (χ0n) is 23.0. The van der Waals surface area contributed by atoms with Crippen LogP contribution in [0.5, 0.6) is 17.4 Å². The number of aromatic nitrogens is 2. The van der Waals surface area contributed by atoms with Crippen molar-refractivity contribution < 1.29 is 23.7 Å². The number of ether oxygens (including phenoxy) is 5. The molecule has 200 valence electrons. The maximum Gasteiger partial charge on any atom is 0.296 e. The van der Waals surface area contributed by atoms with Crippen LogP contribution in [0.25, 0.3) is 16.8 Å². The standard InChI is InChI=1S/C29H40N3O5/c1-19(33-3)21-16-25(34-4)27(26(17-21)35-5)23-8-7-9-24-28(29(36-6)30-31(23)24)32(2,18-20-10-11-20)22-12-14-37-15-13-22/h7-9,16-17,19-20,22H,10-15,18H2,1-6H3/q+1. The van der Waals surface area contributed by atoms with E-state index in [0.29, 0.717) is 23.4 Å². The number of nitrogens with zero attached hydrogens (tertiary/aromatic N) is 3. The number of hydrogen-bond acceptors (Lipinski definition) is 6. The molecular formula is C29H40N3O5+. The molecule has 1 aliphatic carbocycles. The molecule has 3 heterocycles.